The number of amides is 2. The summed E-state index contributed by atoms with van der Waals surface area (Å²) in [6.07, 6.45) is 0. The van der Waals surface area contributed by atoms with Crippen LogP contribution in [0, 0.1) is 11.3 Å². The number of nitrogens with two attached hydrogens (primary N) is 1. The standard InChI is InChI=1S/C17H15N3O4/c1-23-15-8-11(9-18)2-7-14(15)24-10-16(21)20-13-5-3-12(4-6-13)17(19)22/h2-8H,10H2,1H3,(H2,19,22)(H,20,21). The molecule has 0 saturated heterocycles. The van der Waals surface area contributed by atoms with Crippen LogP contribution in [0.5, 0.6) is 11.5 Å². The minimum atomic E-state index is -0.538. The lowest BCUT2D eigenvalue weighted by atomic mass is 10.2. The first kappa shape index (κ1) is 16.8. The molecule has 0 radical (unpaired) electrons. The molecule has 0 aliphatic rings. The topological polar surface area (TPSA) is 114 Å². The van der Waals surface area contributed by atoms with Gasteiger partial charge in [0.1, 0.15) is 0 Å². The van der Waals surface area contributed by atoms with Gasteiger partial charge in [0.25, 0.3) is 5.91 Å². The molecular formula is C17H15N3O4. The summed E-state index contributed by atoms with van der Waals surface area (Å²) in [7, 11) is 1.45. The first-order chi connectivity index (χ1) is 11.5. The Morgan fingerprint density at radius 2 is 1.88 bits per heavy atom. The van der Waals surface area contributed by atoms with Gasteiger partial charge in [0.05, 0.1) is 18.7 Å². The van der Waals surface area contributed by atoms with Gasteiger partial charge in [-0.05, 0) is 36.4 Å². The molecular weight excluding hydrogens is 310 g/mol. The third kappa shape index (κ3) is 4.24. The van der Waals surface area contributed by atoms with Crippen LogP contribution in [0.3, 0.4) is 0 Å². The number of methoxy groups -OCH3 is 1. The lowest BCUT2D eigenvalue weighted by Crippen LogP contribution is -2.20. The summed E-state index contributed by atoms with van der Waals surface area (Å²) in [6, 6.07) is 12.8. The second-order valence-electron chi connectivity index (χ2n) is 4.76. The molecule has 0 saturated carbocycles. The van der Waals surface area contributed by atoms with Crippen molar-refractivity contribution in [2.75, 3.05) is 19.0 Å². The van der Waals surface area contributed by atoms with Gasteiger partial charge >= 0.3 is 0 Å². The zero-order chi connectivity index (χ0) is 17.5. The number of primary amides is 1. The van der Waals surface area contributed by atoms with Gasteiger partial charge in [-0.3, -0.25) is 9.59 Å². The fourth-order valence-corrected chi connectivity index (χ4v) is 1.91. The number of rotatable bonds is 6. The van der Waals surface area contributed by atoms with E-state index in [4.69, 9.17) is 20.5 Å². The van der Waals surface area contributed by atoms with Crippen molar-refractivity contribution in [1.82, 2.24) is 0 Å². The molecule has 3 N–H and O–H groups in total. The first-order valence-electron chi connectivity index (χ1n) is 6.94. The Kier molecular flexibility index (Phi) is 5.36. The molecule has 2 amide bonds. The maximum Gasteiger partial charge on any atom is 0.262 e. The van der Waals surface area contributed by atoms with E-state index in [0.717, 1.165) is 0 Å². The second-order valence-corrected chi connectivity index (χ2v) is 4.76. The molecule has 0 fully saturated rings. The Morgan fingerprint density at radius 3 is 2.46 bits per heavy atom. The zero-order valence-corrected chi connectivity index (χ0v) is 12.9. The molecule has 0 atom stereocenters. The Balaban J connectivity index is 1.96. The lowest BCUT2D eigenvalue weighted by molar-refractivity contribution is -0.118. The molecule has 0 bridgehead atoms. The van der Waals surface area contributed by atoms with Crippen molar-refractivity contribution in [2.45, 2.75) is 0 Å². The number of nitrogens with zero attached hydrogens (tertiary/aromatic N) is 1. The molecule has 2 aromatic rings. The van der Waals surface area contributed by atoms with E-state index in [-0.39, 0.29) is 12.5 Å². The fourth-order valence-electron chi connectivity index (χ4n) is 1.91. The Hall–Kier alpha value is -3.53. The van der Waals surface area contributed by atoms with Crippen LogP contribution < -0.4 is 20.5 Å². The predicted octanol–water partition coefficient (Wildman–Crippen LogP) is 1.68. The number of ether oxygens (including phenoxy) is 2. The largest absolute Gasteiger partial charge is 0.493 e. The van der Waals surface area contributed by atoms with E-state index >= 15 is 0 Å². The minimum Gasteiger partial charge on any atom is -0.493 e. The van der Waals surface area contributed by atoms with Gasteiger partial charge in [-0.25, -0.2) is 0 Å². The van der Waals surface area contributed by atoms with Gasteiger partial charge in [-0.15, -0.1) is 0 Å². The number of carbonyl (C=O) groups is 2. The quantitative estimate of drug-likeness (QED) is 0.838. The van der Waals surface area contributed by atoms with Crippen LogP contribution >= 0.6 is 0 Å². The van der Waals surface area contributed by atoms with Crippen LogP contribution in [0.1, 0.15) is 15.9 Å². The van der Waals surface area contributed by atoms with Gasteiger partial charge in [0.15, 0.2) is 18.1 Å². The van der Waals surface area contributed by atoms with Gasteiger partial charge in [0.2, 0.25) is 5.91 Å². The van der Waals surface area contributed by atoms with Crippen LogP contribution in [0.2, 0.25) is 0 Å². The van der Waals surface area contributed by atoms with Gasteiger partial charge in [-0.2, -0.15) is 5.26 Å². The molecule has 0 aromatic heterocycles. The van der Waals surface area contributed by atoms with Crippen LogP contribution in [0.15, 0.2) is 42.5 Å². The van der Waals surface area contributed by atoms with Gasteiger partial charge in [0, 0.05) is 17.3 Å². The van der Waals surface area contributed by atoms with Gasteiger partial charge < -0.3 is 20.5 Å². The monoisotopic (exact) mass is 325 g/mol. The van der Waals surface area contributed by atoms with Crippen molar-refractivity contribution in [3.8, 4) is 17.6 Å². The highest BCUT2D eigenvalue weighted by Gasteiger charge is 2.09. The highest BCUT2D eigenvalue weighted by molar-refractivity contribution is 5.95. The van der Waals surface area contributed by atoms with E-state index in [0.29, 0.717) is 28.3 Å². The average molecular weight is 325 g/mol. The summed E-state index contributed by atoms with van der Waals surface area (Å²) in [5.74, 6) is -0.194. The summed E-state index contributed by atoms with van der Waals surface area (Å²) in [5, 5.41) is 11.5. The molecule has 7 heteroatoms. The summed E-state index contributed by atoms with van der Waals surface area (Å²) in [6.45, 7) is -0.236. The zero-order valence-electron chi connectivity index (χ0n) is 12.9. The van der Waals surface area contributed by atoms with Crippen molar-refractivity contribution < 1.29 is 19.1 Å². The summed E-state index contributed by atoms with van der Waals surface area (Å²) < 4.78 is 10.5. The number of hydrogen-bond donors (Lipinski definition) is 2. The van der Waals surface area contributed by atoms with E-state index in [2.05, 4.69) is 5.32 Å². The SMILES string of the molecule is COc1cc(C#N)ccc1OCC(=O)Nc1ccc(C(N)=O)cc1. The summed E-state index contributed by atoms with van der Waals surface area (Å²) in [5.41, 5.74) is 6.44. The minimum absolute atomic E-state index is 0.236. The molecule has 0 spiro atoms. The summed E-state index contributed by atoms with van der Waals surface area (Å²) >= 11 is 0. The van der Waals surface area contributed by atoms with E-state index in [1.54, 1.807) is 24.3 Å². The van der Waals surface area contributed by atoms with Crippen LogP contribution in [0.4, 0.5) is 5.69 Å². The Labute approximate surface area is 138 Å². The number of anilines is 1. The number of nitrogens with one attached hydrogen (secondary N) is 1. The van der Waals surface area contributed by atoms with Crippen molar-refractivity contribution in [2.24, 2.45) is 5.73 Å². The third-order valence-corrected chi connectivity index (χ3v) is 3.10. The molecule has 0 aliphatic heterocycles. The van der Waals surface area contributed by atoms with Crippen LogP contribution in [0.25, 0.3) is 0 Å². The Bertz CT molecular complexity index is 794. The maximum atomic E-state index is 11.9. The summed E-state index contributed by atoms with van der Waals surface area (Å²) in [4.78, 5) is 22.9. The second kappa shape index (κ2) is 7.65. The predicted molar refractivity (Wildman–Crippen MR) is 86.8 cm³/mol. The molecule has 24 heavy (non-hydrogen) atoms. The smallest absolute Gasteiger partial charge is 0.262 e. The van der Waals surface area contributed by atoms with E-state index in [9.17, 15) is 9.59 Å². The first-order valence-corrected chi connectivity index (χ1v) is 6.94. The molecule has 0 heterocycles. The molecule has 2 rings (SSSR count). The number of hydrogen-bond acceptors (Lipinski definition) is 5. The Morgan fingerprint density at radius 1 is 1.17 bits per heavy atom. The van der Waals surface area contributed by atoms with E-state index in [1.165, 1.54) is 25.3 Å². The molecule has 0 unspecified atom stereocenters. The normalized spacial score (nSPS) is 9.67. The number of benzene rings is 2. The number of carbonyl (C=O) groups excluding carboxylic acids is 2. The van der Waals surface area contributed by atoms with Crippen molar-refractivity contribution in [3.05, 3.63) is 53.6 Å². The van der Waals surface area contributed by atoms with Crippen molar-refractivity contribution in [1.29, 1.82) is 5.26 Å². The maximum absolute atomic E-state index is 11.9. The molecule has 122 valence electrons. The van der Waals surface area contributed by atoms with Crippen molar-refractivity contribution >= 4 is 17.5 Å². The van der Waals surface area contributed by atoms with Crippen LogP contribution in [-0.4, -0.2) is 25.5 Å². The van der Waals surface area contributed by atoms with Crippen molar-refractivity contribution in [3.63, 3.8) is 0 Å². The lowest BCUT2D eigenvalue weighted by Gasteiger charge is -2.11. The highest BCUT2D eigenvalue weighted by Crippen LogP contribution is 2.27. The third-order valence-electron chi connectivity index (χ3n) is 3.10. The molecule has 2 aromatic carbocycles. The average Bonchev–Trinajstić information content (AvgIpc) is 2.60. The molecule has 0 aliphatic carbocycles. The molecule has 7 nitrogen and oxygen atoms in total. The van der Waals surface area contributed by atoms with E-state index < -0.39 is 5.91 Å². The van der Waals surface area contributed by atoms with E-state index in [1.807, 2.05) is 6.07 Å². The number of nitriles is 1. The highest BCUT2D eigenvalue weighted by atomic mass is 16.5. The van der Waals surface area contributed by atoms with Crippen LogP contribution in [-0.2, 0) is 4.79 Å². The fraction of sp³-hybridized carbons (Fsp3) is 0.118. The van der Waals surface area contributed by atoms with Gasteiger partial charge in [-0.1, -0.05) is 0 Å².